The van der Waals surface area contributed by atoms with Crippen LogP contribution in [0.3, 0.4) is 0 Å². The fraction of sp³-hybridized carbons (Fsp3) is 0.0714. The Morgan fingerprint density at radius 1 is 1.26 bits per heavy atom. The van der Waals surface area contributed by atoms with E-state index in [1.807, 2.05) is 6.07 Å². The van der Waals surface area contributed by atoms with Crippen LogP contribution in [0.5, 0.6) is 5.75 Å². The molecule has 0 fully saturated rings. The summed E-state index contributed by atoms with van der Waals surface area (Å²) in [6, 6.07) is 12.2. The Morgan fingerprint density at radius 2 is 2.05 bits per heavy atom. The van der Waals surface area contributed by atoms with Gasteiger partial charge in [-0.2, -0.15) is 0 Å². The summed E-state index contributed by atoms with van der Waals surface area (Å²) in [4.78, 5) is 12.1. The molecule has 4 nitrogen and oxygen atoms in total. The summed E-state index contributed by atoms with van der Waals surface area (Å²) in [7, 11) is 1.55. The van der Waals surface area contributed by atoms with Gasteiger partial charge in [0.1, 0.15) is 5.75 Å². The van der Waals surface area contributed by atoms with Crippen molar-refractivity contribution in [2.75, 3.05) is 18.2 Å². The number of nitrogens with one attached hydrogen (secondary N) is 1. The highest BCUT2D eigenvalue weighted by Gasteiger charge is 2.10. The number of halogens is 1. The van der Waals surface area contributed by atoms with Crippen molar-refractivity contribution in [3.63, 3.8) is 0 Å². The number of rotatable bonds is 3. The Hall–Kier alpha value is -2.01. The molecule has 0 bridgehead atoms. The number of carbonyl (C=O) groups is 1. The van der Waals surface area contributed by atoms with Crippen LogP contribution < -0.4 is 15.8 Å². The fourth-order valence-corrected chi connectivity index (χ4v) is 2.01. The van der Waals surface area contributed by atoms with Crippen LogP contribution in [0.1, 0.15) is 10.4 Å². The van der Waals surface area contributed by atoms with E-state index in [0.29, 0.717) is 22.7 Å². The Bertz CT molecular complexity index is 614. The highest BCUT2D eigenvalue weighted by atomic mass is 79.9. The zero-order valence-corrected chi connectivity index (χ0v) is 11.9. The maximum absolute atomic E-state index is 12.1. The molecule has 0 atom stereocenters. The molecule has 0 aromatic heterocycles. The number of anilines is 2. The highest BCUT2D eigenvalue weighted by Crippen LogP contribution is 2.28. The van der Waals surface area contributed by atoms with Crippen LogP contribution in [0.15, 0.2) is 46.9 Å². The van der Waals surface area contributed by atoms with E-state index >= 15 is 0 Å². The predicted octanol–water partition coefficient (Wildman–Crippen LogP) is 3.29. The summed E-state index contributed by atoms with van der Waals surface area (Å²) in [5.74, 6) is 0.365. The van der Waals surface area contributed by atoms with Crippen LogP contribution >= 0.6 is 15.9 Å². The minimum absolute atomic E-state index is 0.233. The first-order chi connectivity index (χ1) is 9.10. The van der Waals surface area contributed by atoms with E-state index in [1.54, 1.807) is 43.5 Å². The molecule has 5 heteroatoms. The Morgan fingerprint density at radius 3 is 2.74 bits per heavy atom. The van der Waals surface area contributed by atoms with Crippen molar-refractivity contribution < 1.29 is 9.53 Å². The molecule has 0 radical (unpaired) electrons. The molecule has 0 aliphatic rings. The molecule has 19 heavy (non-hydrogen) atoms. The van der Waals surface area contributed by atoms with Gasteiger partial charge in [0.05, 0.1) is 12.8 Å². The van der Waals surface area contributed by atoms with Crippen molar-refractivity contribution >= 4 is 33.2 Å². The number of amides is 1. The Balaban J connectivity index is 2.26. The molecule has 0 heterocycles. The first kappa shape index (κ1) is 13.4. The molecular formula is C14H13BrN2O2. The van der Waals surface area contributed by atoms with Crippen LogP contribution in [-0.4, -0.2) is 13.0 Å². The molecule has 3 N–H and O–H groups in total. The molecule has 0 aliphatic carbocycles. The van der Waals surface area contributed by atoms with Gasteiger partial charge >= 0.3 is 0 Å². The molecule has 0 spiro atoms. The SMILES string of the molecule is COc1ccc(Br)cc1NC(=O)c1cccc(N)c1. The third-order valence-electron chi connectivity index (χ3n) is 2.56. The second-order valence-corrected chi connectivity index (χ2v) is 4.84. The average Bonchev–Trinajstić information content (AvgIpc) is 2.39. The van der Waals surface area contributed by atoms with Crippen molar-refractivity contribution in [1.82, 2.24) is 0 Å². The second kappa shape index (κ2) is 5.75. The molecule has 0 aliphatic heterocycles. The van der Waals surface area contributed by atoms with E-state index < -0.39 is 0 Å². The van der Waals surface area contributed by atoms with E-state index in [-0.39, 0.29) is 5.91 Å². The molecule has 2 aromatic carbocycles. The lowest BCUT2D eigenvalue weighted by Crippen LogP contribution is -2.12. The van der Waals surface area contributed by atoms with E-state index in [2.05, 4.69) is 21.2 Å². The first-order valence-electron chi connectivity index (χ1n) is 5.60. The number of nitrogens with two attached hydrogens (primary N) is 1. The number of hydrogen-bond donors (Lipinski definition) is 2. The second-order valence-electron chi connectivity index (χ2n) is 3.92. The van der Waals surface area contributed by atoms with Gasteiger partial charge < -0.3 is 15.8 Å². The fourth-order valence-electron chi connectivity index (χ4n) is 1.65. The molecule has 1 amide bonds. The van der Waals surface area contributed by atoms with Crippen LogP contribution in [-0.2, 0) is 0 Å². The van der Waals surface area contributed by atoms with Crippen LogP contribution in [0, 0.1) is 0 Å². The highest BCUT2D eigenvalue weighted by molar-refractivity contribution is 9.10. The smallest absolute Gasteiger partial charge is 0.255 e. The summed E-state index contributed by atoms with van der Waals surface area (Å²) < 4.78 is 6.06. The van der Waals surface area contributed by atoms with E-state index in [0.717, 1.165) is 4.47 Å². The maximum Gasteiger partial charge on any atom is 0.255 e. The number of methoxy groups -OCH3 is 1. The average molecular weight is 321 g/mol. The molecule has 2 rings (SSSR count). The quantitative estimate of drug-likeness (QED) is 0.853. The zero-order chi connectivity index (χ0) is 13.8. The van der Waals surface area contributed by atoms with Crippen LogP contribution in [0.4, 0.5) is 11.4 Å². The number of benzene rings is 2. The number of carbonyl (C=O) groups excluding carboxylic acids is 1. The molecule has 0 unspecified atom stereocenters. The Kier molecular flexibility index (Phi) is 4.06. The third kappa shape index (κ3) is 3.26. The summed E-state index contributed by atoms with van der Waals surface area (Å²) >= 11 is 3.36. The van der Waals surface area contributed by atoms with Crippen molar-refractivity contribution in [3.05, 3.63) is 52.5 Å². The zero-order valence-electron chi connectivity index (χ0n) is 10.3. The molecular weight excluding hydrogens is 308 g/mol. The topological polar surface area (TPSA) is 64.3 Å². The third-order valence-corrected chi connectivity index (χ3v) is 3.05. The van der Waals surface area contributed by atoms with Gasteiger partial charge in [0.25, 0.3) is 5.91 Å². The van der Waals surface area contributed by atoms with Crippen molar-refractivity contribution in [3.8, 4) is 5.75 Å². The van der Waals surface area contributed by atoms with Gasteiger partial charge in [0, 0.05) is 15.7 Å². The van der Waals surface area contributed by atoms with E-state index in [9.17, 15) is 4.79 Å². The summed E-state index contributed by atoms with van der Waals surface area (Å²) in [6.45, 7) is 0. The van der Waals surface area contributed by atoms with Crippen molar-refractivity contribution in [2.24, 2.45) is 0 Å². The van der Waals surface area contributed by atoms with Gasteiger partial charge in [-0.3, -0.25) is 4.79 Å². The summed E-state index contributed by atoms with van der Waals surface area (Å²) in [6.07, 6.45) is 0. The van der Waals surface area contributed by atoms with Gasteiger partial charge in [0.15, 0.2) is 0 Å². The van der Waals surface area contributed by atoms with Crippen molar-refractivity contribution in [1.29, 1.82) is 0 Å². The van der Waals surface area contributed by atoms with Gasteiger partial charge in [0.2, 0.25) is 0 Å². The lowest BCUT2D eigenvalue weighted by molar-refractivity contribution is 0.102. The van der Waals surface area contributed by atoms with Gasteiger partial charge in [-0.1, -0.05) is 22.0 Å². The van der Waals surface area contributed by atoms with Crippen LogP contribution in [0.2, 0.25) is 0 Å². The first-order valence-corrected chi connectivity index (χ1v) is 6.40. The molecule has 2 aromatic rings. The minimum Gasteiger partial charge on any atom is -0.495 e. The molecule has 0 saturated carbocycles. The van der Waals surface area contributed by atoms with Gasteiger partial charge in [-0.25, -0.2) is 0 Å². The standard InChI is InChI=1S/C14H13BrN2O2/c1-19-13-6-5-10(15)8-12(13)17-14(18)9-3-2-4-11(16)7-9/h2-8H,16H2,1H3,(H,17,18). The number of hydrogen-bond acceptors (Lipinski definition) is 3. The van der Waals surface area contributed by atoms with Crippen molar-refractivity contribution in [2.45, 2.75) is 0 Å². The number of nitrogen functional groups attached to an aromatic ring is 1. The molecule has 0 saturated heterocycles. The number of ether oxygens (including phenoxy) is 1. The predicted molar refractivity (Wildman–Crippen MR) is 79.5 cm³/mol. The largest absolute Gasteiger partial charge is 0.495 e. The summed E-state index contributed by atoms with van der Waals surface area (Å²) in [5.41, 5.74) is 7.31. The molecule has 98 valence electrons. The van der Waals surface area contributed by atoms with E-state index in [1.165, 1.54) is 0 Å². The Labute approximate surface area is 119 Å². The monoisotopic (exact) mass is 320 g/mol. The van der Waals surface area contributed by atoms with Gasteiger partial charge in [-0.15, -0.1) is 0 Å². The van der Waals surface area contributed by atoms with Gasteiger partial charge in [-0.05, 0) is 36.4 Å². The summed E-state index contributed by atoms with van der Waals surface area (Å²) in [5, 5.41) is 2.80. The minimum atomic E-state index is -0.233. The lowest BCUT2D eigenvalue weighted by atomic mass is 10.2. The maximum atomic E-state index is 12.1. The van der Waals surface area contributed by atoms with E-state index in [4.69, 9.17) is 10.5 Å². The lowest BCUT2D eigenvalue weighted by Gasteiger charge is -2.10. The normalized spacial score (nSPS) is 10.0. The van der Waals surface area contributed by atoms with Crippen LogP contribution in [0.25, 0.3) is 0 Å².